The van der Waals surface area contributed by atoms with Crippen LogP contribution in [0.4, 0.5) is 0 Å². The van der Waals surface area contributed by atoms with Gasteiger partial charge in [-0.1, -0.05) is 50.9 Å². The Bertz CT molecular complexity index is 351. The molecule has 164 valence electrons. The van der Waals surface area contributed by atoms with E-state index in [1.807, 2.05) is 0 Å². The second-order valence-corrected chi connectivity index (χ2v) is 20.3. The molecule has 2 atom stereocenters. The minimum atomic E-state index is -1.09. The monoisotopic (exact) mass is 423 g/mol. The van der Waals surface area contributed by atoms with Gasteiger partial charge in [0.15, 0.2) is 6.29 Å². The molecular weight excluding hydrogens is 378 g/mol. The fraction of sp³-hybridized carbons (Fsp3) is 1.00. The lowest BCUT2D eigenvalue weighted by atomic mass is 10.4. The molecule has 0 bridgehead atoms. The Labute approximate surface area is 169 Å². The van der Waals surface area contributed by atoms with E-state index in [1.54, 1.807) is 6.92 Å². The topological polar surface area (TPSA) is 80.2 Å². The highest BCUT2D eigenvalue weighted by Gasteiger charge is 2.23. The van der Waals surface area contributed by atoms with Gasteiger partial charge in [0.2, 0.25) is 0 Å². The molecular formula is C19H45NO5Si2. The van der Waals surface area contributed by atoms with Crippen molar-refractivity contribution in [3.05, 3.63) is 0 Å². The van der Waals surface area contributed by atoms with Crippen LogP contribution < -0.4 is 5.32 Å². The average Bonchev–Trinajstić information content (AvgIpc) is 2.54. The molecule has 0 rings (SSSR count). The number of aliphatic hydroxyl groups is 2. The van der Waals surface area contributed by atoms with Crippen molar-refractivity contribution in [2.75, 3.05) is 46.1 Å². The molecule has 0 saturated heterocycles. The maximum Gasteiger partial charge on any atom is 0.151 e. The molecule has 0 saturated carbocycles. The second kappa shape index (κ2) is 15.1. The quantitative estimate of drug-likeness (QED) is 0.179. The van der Waals surface area contributed by atoms with Crippen molar-refractivity contribution in [3.63, 3.8) is 0 Å². The van der Waals surface area contributed by atoms with E-state index in [-0.39, 0.29) is 0 Å². The van der Waals surface area contributed by atoms with Crippen molar-refractivity contribution < 1.29 is 24.4 Å². The molecule has 0 aliphatic carbocycles. The Morgan fingerprint density at radius 1 is 0.852 bits per heavy atom. The smallest absolute Gasteiger partial charge is 0.151 e. The first-order valence-electron chi connectivity index (χ1n) is 10.4. The molecule has 0 amide bonds. The molecule has 3 N–H and O–H groups in total. The van der Waals surface area contributed by atoms with E-state index in [9.17, 15) is 5.11 Å². The summed E-state index contributed by atoms with van der Waals surface area (Å²) in [4.78, 5) is 0. The van der Waals surface area contributed by atoms with Gasteiger partial charge >= 0.3 is 0 Å². The molecule has 6 nitrogen and oxygen atoms in total. The third-order valence-corrected chi connectivity index (χ3v) is 9.95. The average molecular weight is 424 g/mol. The Hall–Kier alpha value is 0.194. The maximum absolute atomic E-state index is 9.92. The van der Waals surface area contributed by atoms with Crippen LogP contribution >= 0.6 is 0 Å². The van der Waals surface area contributed by atoms with Crippen LogP contribution in [0.2, 0.25) is 50.9 Å². The number of hydrogen-bond donors (Lipinski definition) is 3. The van der Waals surface area contributed by atoms with Gasteiger partial charge in [0, 0.05) is 35.8 Å². The Morgan fingerprint density at radius 2 is 1.56 bits per heavy atom. The summed E-state index contributed by atoms with van der Waals surface area (Å²) in [7, 11) is -2.02. The largest absolute Gasteiger partial charge is 0.389 e. The highest BCUT2D eigenvalue weighted by Crippen LogP contribution is 2.24. The van der Waals surface area contributed by atoms with Crippen molar-refractivity contribution in [2.24, 2.45) is 0 Å². The van der Waals surface area contributed by atoms with E-state index >= 15 is 0 Å². The molecule has 0 heterocycles. The van der Waals surface area contributed by atoms with Gasteiger partial charge in [-0.2, -0.15) is 0 Å². The Balaban J connectivity index is 3.49. The van der Waals surface area contributed by atoms with Crippen LogP contribution in [0.5, 0.6) is 0 Å². The minimum absolute atomic E-state index is 0.381. The maximum atomic E-state index is 9.92. The van der Waals surface area contributed by atoms with E-state index in [2.05, 4.69) is 38.1 Å². The van der Waals surface area contributed by atoms with Gasteiger partial charge in [-0.25, -0.2) is 0 Å². The molecule has 0 aromatic heterocycles. The van der Waals surface area contributed by atoms with Crippen LogP contribution in [0.1, 0.15) is 13.3 Å². The van der Waals surface area contributed by atoms with Crippen molar-refractivity contribution >= 4 is 16.1 Å². The first-order chi connectivity index (χ1) is 12.5. The molecule has 27 heavy (non-hydrogen) atoms. The fourth-order valence-electron chi connectivity index (χ4n) is 2.56. The predicted molar refractivity (Wildman–Crippen MR) is 118 cm³/mol. The highest BCUT2D eigenvalue weighted by atomic mass is 28.3. The van der Waals surface area contributed by atoms with E-state index in [4.69, 9.17) is 19.3 Å². The summed E-state index contributed by atoms with van der Waals surface area (Å²) in [6.45, 7) is 17.6. The van der Waals surface area contributed by atoms with Gasteiger partial charge in [0.25, 0.3) is 0 Å². The Kier molecular flexibility index (Phi) is 15.2. The number of aliphatic hydroxyl groups excluding tert-OH is 2. The molecule has 0 aliphatic rings. The van der Waals surface area contributed by atoms with E-state index in [1.165, 1.54) is 18.1 Å². The van der Waals surface area contributed by atoms with Gasteiger partial charge in [-0.3, -0.25) is 0 Å². The SMILES string of the molecule is CC(O)OCCOCCNCC(O)COCCC[Si](C)(C)CC[Si](C)(C)C. The van der Waals surface area contributed by atoms with Gasteiger partial charge in [-0.05, 0) is 13.3 Å². The zero-order chi connectivity index (χ0) is 20.8. The van der Waals surface area contributed by atoms with Gasteiger partial charge < -0.3 is 29.7 Å². The fourth-order valence-corrected chi connectivity index (χ4v) is 9.62. The lowest BCUT2D eigenvalue weighted by Crippen LogP contribution is -2.33. The van der Waals surface area contributed by atoms with Crippen LogP contribution in [-0.2, 0) is 14.2 Å². The van der Waals surface area contributed by atoms with Gasteiger partial charge in [-0.15, -0.1) is 0 Å². The highest BCUT2D eigenvalue weighted by molar-refractivity contribution is 6.82. The van der Waals surface area contributed by atoms with Crippen molar-refractivity contribution in [1.29, 1.82) is 0 Å². The molecule has 0 spiro atoms. The van der Waals surface area contributed by atoms with Crippen LogP contribution in [0, 0.1) is 0 Å². The van der Waals surface area contributed by atoms with E-state index < -0.39 is 28.5 Å². The minimum Gasteiger partial charge on any atom is -0.389 e. The van der Waals surface area contributed by atoms with Gasteiger partial charge in [0.1, 0.15) is 0 Å². The number of ether oxygens (including phenoxy) is 3. The summed E-state index contributed by atoms with van der Waals surface area (Å²) in [5, 5.41) is 22.0. The van der Waals surface area contributed by atoms with Crippen molar-refractivity contribution in [1.82, 2.24) is 5.32 Å². The standard InChI is InChI=1S/C19H45NO5Si2/c1-18(21)25-12-11-23-10-8-20-16-19(22)17-24-9-7-13-27(5,6)15-14-26(2,3)4/h18-22H,7-17H2,1-6H3. The van der Waals surface area contributed by atoms with Crippen LogP contribution in [0.25, 0.3) is 0 Å². The summed E-state index contributed by atoms with van der Waals surface area (Å²) < 4.78 is 15.9. The number of rotatable bonds is 18. The van der Waals surface area contributed by atoms with Crippen LogP contribution in [0.3, 0.4) is 0 Å². The number of hydrogen-bond acceptors (Lipinski definition) is 6. The molecule has 0 aliphatic heterocycles. The van der Waals surface area contributed by atoms with Crippen LogP contribution in [0.15, 0.2) is 0 Å². The zero-order valence-electron chi connectivity index (χ0n) is 18.6. The first-order valence-corrected chi connectivity index (χ1v) is 17.5. The van der Waals surface area contributed by atoms with Crippen molar-refractivity contribution in [2.45, 2.75) is 76.6 Å². The lowest BCUT2D eigenvalue weighted by Gasteiger charge is -2.26. The molecule has 0 aromatic rings. The molecule has 8 heteroatoms. The van der Waals surface area contributed by atoms with Crippen LogP contribution in [-0.4, -0.2) is 84.9 Å². The first kappa shape index (κ1) is 27.2. The normalized spacial score (nSPS) is 15.1. The number of nitrogens with one attached hydrogen (secondary N) is 1. The molecule has 0 aromatic carbocycles. The second-order valence-electron chi connectivity index (χ2n) is 9.34. The predicted octanol–water partition coefficient (Wildman–Crippen LogP) is 2.76. The van der Waals surface area contributed by atoms with Crippen molar-refractivity contribution in [3.8, 4) is 0 Å². The third kappa shape index (κ3) is 20.7. The third-order valence-electron chi connectivity index (χ3n) is 4.39. The van der Waals surface area contributed by atoms with Gasteiger partial charge in [0.05, 0.1) is 32.5 Å². The lowest BCUT2D eigenvalue weighted by molar-refractivity contribution is -0.0991. The molecule has 0 radical (unpaired) electrons. The Morgan fingerprint density at radius 3 is 2.19 bits per heavy atom. The summed E-state index contributed by atoms with van der Waals surface area (Å²) in [5.74, 6) is 0. The zero-order valence-corrected chi connectivity index (χ0v) is 20.6. The molecule has 0 fully saturated rings. The molecule has 2 unspecified atom stereocenters. The summed E-state index contributed by atoms with van der Waals surface area (Å²) >= 11 is 0. The summed E-state index contributed by atoms with van der Waals surface area (Å²) in [6.07, 6.45) is -0.130. The van der Waals surface area contributed by atoms with E-state index in [0.29, 0.717) is 39.5 Å². The summed E-state index contributed by atoms with van der Waals surface area (Å²) in [6, 6.07) is 4.18. The summed E-state index contributed by atoms with van der Waals surface area (Å²) in [5.41, 5.74) is 0. The van der Waals surface area contributed by atoms with E-state index in [0.717, 1.165) is 13.0 Å².